The topological polar surface area (TPSA) is 63.1 Å². The van der Waals surface area contributed by atoms with Crippen LogP contribution in [0.2, 0.25) is 0 Å². The fourth-order valence-electron chi connectivity index (χ4n) is 2.62. The van der Waals surface area contributed by atoms with Crippen molar-refractivity contribution in [1.29, 1.82) is 0 Å². The number of rotatable bonds is 3. The lowest BCUT2D eigenvalue weighted by molar-refractivity contribution is -0.241. The average molecular weight is 346 g/mol. The molecule has 10 heteroatoms. The highest BCUT2D eigenvalue weighted by Crippen LogP contribution is 2.27. The summed E-state index contributed by atoms with van der Waals surface area (Å²) >= 11 is 0. The van der Waals surface area contributed by atoms with E-state index in [0.29, 0.717) is 24.4 Å². The van der Waals surface area contributed by atoms with Crippen LogP contribution in [-0.4, -0.2) is 44.8 Å². The summed E-state index contributed by atoms with van der Waals surface area (Å²) in [6.07, 6.45) is 0.614. The van der Waals surface area contributed by atoms with Crippen LogP contribution in [0.3, 0.4) is 0 Å². The molecule has 1 aliphatic heterocycles. The third-order valence-electron chi connectivity index (χ3n) is 3.76. The summed E-state index contributed by atoms with van der Waals surface area (Å²) in [4.78, 5) is 22.3. The number of imidazole rings is 1. The van der Waals surface area contributed by atoms with Gasteiger partial charge in [0.15, 0.2) is 0 Å². The molecule has 0 amide bonds. The molecule has 1 aliphatic rings. The second-order valence-corrected chi connectivity index (χ2v) is 5.51. The number of aromatic nitrogens is 3. The summed E-state index contributed by atoms with van der Waals surface area (Å²) in [7, 11) is 0. The predicted octanol–water partition coefficient (Wildman–Crippen LogP) is 2.54. The molecule has 1 fully saturated rings. The van der Waals surface area contributed by atoms with Gasteiger partial charge in [0.25, 0.3) is 0 Å². The summed E-state index contributed by atoms with van der Waals surface area (Å²) in [6, 6.07) is 1.30. The quantitative estimate of drug-likeness (QED) is 0.868. The van der Waals surface area contributed by atoms with E-state index in [4.69, 9.17) is 0 Å². The zero-order valence-electron chi connectivity index (χ0n) is 12.4. The lowest BCUT2D eigenvalue weighted by atomic mass is 9.96. The first-order chi connectivity index (χ1) is 11.3. The molecule has 3 heterocycles. The minimum absolute atomic E-state index is 0.123. The van der Waals surface area contributed by atoms with Gasteiger partial charge in [-0.25, -0.2) is 14.2 Å². The average Bonchev–Trinajstić information content (AvgIpc) is 3.15. The maximum Gasteiger partial charge on any atom is 0.492 e. The Bertz CT molecular complexity index is 724. The molecule has 1 N–H and O–H groups in total. The first kappa shape index (κ1) is 16.5. The fraction of sp³-hybridized carbons (Fsp3) is 0.429. The second kappa shape index (κ2) is 6.27. The normalized spacial score (nSPS) is 19.4. The Labute approximate surface area is 134 Å². The molecule has 2 aromatic rings. The van der Waals surface area contributed by atoms with Crippen LogP contribution in [0.25, 0.3) is 5.82 Å². The molecule has 1 atom stereocenters. The molecule has 130 valence electrons. The van der Waals surface area contributed by atoms with Crippen LogP contribution >= 0.6 is 0 Å². The standard InChI is InChI=1S/C14H14F4N4O2/c15-10-4-12(19-5-10)21-7-11(20-8-21)9-2-1-3-22(6-9)24-13(23)14(16,17)18/h4-5,7-9,19H,1-3,6H2/t9-/m0/s1. The Kier molecular flexibility index (Phi) is 4.31. The summed E-state index contributed by atoms with van der Waals surface area (Å²) in [5.74, 6) is -2.33. The van der Waals surface area contributed by atoms with Crippen LogP contribution in [0.1, 0.15) is 24.5 Å². The van der Waals surface area contributed by atoms with E-state index < -0.39 is 18.0 Å². The highest BCUT2D eigenvalue weighted by atomic mass is 19.4. The van der Waals surface area contributed by atoms with Crippen LogP contribution in [0.4, 0.5) is 17.6 Å². The molecule has 0 spiro atoms. The molecule has 0 radical (unpaired) electrons. The van der Waals surface area contributed by atoms with Crippen molar-refractivity contribution in [1.82, 2.24) is 19.6 Å². The van der Waals surface area contributed by atoms with Gasteiger partial charge in [-0.05, 0) is 12.8 Å². The van der Waals surface area contributed by atoms with Crippen molar-refractivity contribution in [3.8, 4) is 5.82 Å². The third kappa shape index (κ3) is 3.58. The number of carbonyl (C=O) groups excluding carboxylic acids is 1. The number of alkyl halides is 3. The summed E-state index contributed by atoms with van der Waals surface area (Å²) < 4.78 is 51.4. The number of hydrogen-bond donors (Lipinski definition) is 1. The van der Waals surface area contributed by atoms with Crippen molar-refractivity contribution in [3.63, 3.8) is 0 Å². The number of aromatic amines is 1. The van der Waals surface area contributed by atoms with E-state index in [2.05, 4.69) is 14.8 Å². The van der Waals surface area contributed by atoms with Gasteiger partial charge < -0.3 is 9.82 Å². The van der Waals surface area contributed by atoms with Crippen LogP contribution in [-0.2, 0) is 9.63 Å². The van der Waals surface area contributed by atoms with Crippen LogP contribution in [0.5, 0.6) is 0 Å². The van der Waals surface area contributed by atoms with E-state index in [1.807, 2.05) is 0 Å². The first-order valence-electron chi connectivity index (χ1n) is 7.25. The van der Waals surface area contributed by atoms with E-state index in [0.717, 1.165) is 5.06 Å². The van der Waals surface area contributed by atoms with E-state index in [9.17, 15) is 22.4 Å². The lowest BCUT2D eigenvalue weighted by Gasteiger charge is -2.30. The second-order valence-electron chi connectivity index (χ2n) is 5.51. The number of piperidine rings is 1. The van der Waals surface area contributed by atoms with E-state index >= 15 is 0 Å². The molecular formula is C14H14F4N4O2. The van der Waals surface area contributed by atoms with Gasteiger partial charge in [0.1, 0.15) is 18.0 Å². The largest absolute Gasteiger partial charge is 0.492 e. The number of carbonyl (C=O) groups is 1. The van der Waals surface area contributed by atoms with Gasteiger partial charge in [-0.3, -0.25) is 4.57 Å². The van der Waals surface area contributed by atoms with Gasteiger partial charge in [0.05, 0.1) is 5.69 Å². The minimum atomic E-state index is -5.02. The number of nitrogens with one attached hydrogen (secondary N) is 1. The summed E-state index contributed by atoms with van der Waals surface area (Å²) in [6.45, 7) is 0.360. The van der Waals surface area contributed by atoms with E-state index in [1.54, 1.807) is 10.8 Å². The van der Waals surface area contributed by atoms with Gasteiger partial charge in [-0.2, -0.15) is 13.2 Å². The minimum Gasteiger partial charge on any atom is -0.361 e. The summed E-state index contributed by atoms with van der Waals surface area (Å²) in [5, 5.41) is 1.01. The Morgan fingerprint density at radius 2 is 2.21 bits per heavy atom. The van der Waals surface area contributed by atoms with Gasteiger partial charge >= 0.3 is 12.1 Å². The fourth-order valence-corrected chi connectivity index (χ4v) is 2.62. The number of hydroxylamine groups is 2. The van der Waals surface area contributed by atoms with Crippen LogP contribution in [0.15, 0.2) is 24.8 Å². The predicted molar refractivity (Wildman–Crippen MR) is 73.6 cm³/mol. The number of hydrogen-bond acceptors (Lipinski definition) is 4. The molecule has 0 aliphatic carbocycles. The molecule has 0 bridgehead atoms. The van der Waals surface area contributed by atoms with Gasteiger partial charge in [-0.15, -0.1) is 5.06 Å². The smallest absolute Gasteiger partial charge is 0.361 e. The van der Waals surface area contributed by atoms with Crippen molar-refractivity contribution >= 4 is 5.97 Å². The van der Waals surface area contributed by atoms with Crippen molar-refractivity contribution in [2.75, 3.05) is 13.1 Å². The van der Waals surface area contributed by atoms with Gasteiger partial charge in [0.2, 0.25) is 0 Å². The molecule has 2 aromatic heterocycles. The molecule has 24 heavy (non-hydrogen) atoms. The van der Waals surface area contributed by atoms with E-state index in [1.165, 1.54) is 18.6 Å². The SMILES string of the molecule is O=C(ON1CCC[C@H](c2cn(-c3cc(F)c[nH]3)cn2)C1)C(F)(F)F. The molecule has 6 nitrogen and oxygen atoms in total. The monoisotopic (exact) mass is 346 g/mol. The zero-order chi connectivity index (χ0) is 17.3. The molecular weight excluding hydrogens is 332 g/mol. The van der Waals surface area contributed by atoms with Crippen molar-refractivity contribution in [3.05, 3.63) is 36.3 Å². The summed E-state index contributed by atoms with van der Waals surface area (Å²) in [5.41, 5.74) is 0.637. The van der Waals surface area contributed by atoms with Crippen molar-refractivity contribution < 1.29 is 27.2 Å². The highest BCUT2D eigenvalue weighted by molar-refractivity contribution is 5.75. The first-order valence-corrected chi connectivity index (χ1v) is 7.25. The Morgan fingerprint density at radius 1 is 1.42 bits per heavy atom. The number of halogens is 4. The third-order valence-corrected chi connectivity index (χ3v) is 3.76. The van der Waals surface area contributed by atoms with E-state index in [-0.39, 0.29) is 19.0 Å². The van der Waals surface area contributed by atoms with Crippen LogP contribution in [0, 0.1) is 5.82 Å². The van der Waals surface area contributed by atoms with Crippen LogP contribution < -0.4 is 0 Å². The number of nitrogens with zero attached hydrogens (tertiary/aromatic N) is 3. The maximum absolute atomic E-state index is 13.0. The van der Waals surface area contributed by atoms with Crippen molar-refractivity contribution in [2.45, 2.75) is 24.9 Å². The Morgan fingerprint density at radius 3 is 2.88 bits per heavy atom. The van der Waals surface area contributed by atoms with Gasteiger partial charge in [0, 0.05) is 37.5 Å². The Hall–Kier alpha value is -2.36. The molecule has 0 saturated carbocycles. The number of H-pyrrole nitrogens is 1. The molecule has 0 unspecified atom stereocenters. The van der Waals surface area contributed by atoms with Gasteiger partial charge in [-0.1, -0.05) is 0 Å². The van der Waals surface area contributed by atoms with Crippen molar-refractivity contribution in [2.24, 2.45) is 0 Å². The maximum atomic E-state index is 13.0. The Balaban J connectivity index is 1.67. The zero-order valence-corrected chi connectivity index (χ0v) is 12.4. The molecule has 3 rings (SSSR count). The molecule has 0 aromatic carbocycles. The molecule has 1 saturated heterocycles. The highest BCUT2D eigenvalue weighted by Gasteiger charge is 2.43. The lowest BCUT2D eigenvalue weighted by Crippen LogP contribution is -2.40.